The second-order valence-electron chi connectivity index (χ2n) is 7.32. The van der Waals surface area contributed by atoms with E-state index in [9.17, 15) is 9.18 Å². The van der Waals surface area contributed by atoms with Crippen molar-refractivity contribution in [2.24, 2.45) is 0 Å². The number of benzene rings is 2. The third-order valence-corrected chi connectivity index (χ3v) is 6.10. The molecule has 1 amide bonds. The Morgan fingerprint density at radius 2 is 1.90 bits per heavy atom. The first-order valence-corrected chi connectivity index (χ1v) is 10.8. The molecule has 1 fully saturated rings. The van der Waals surface area contributed by atoms with Crippen molar-refractivity contribution in [2.75, 3.05) is 33.3 Å². The zero-order valence-electron chi connectivity index (χ0n) is 16.9. The minimum Gasteiger partial charge on any atom is -0.497 e. The maximum Gasteiger partial charge on any atom is 0.227 e. The number of aromatic nitrogens is 1. The molecule has 0 saturated carbocycles. The van der Waals surface area contributed by atoms with Gasteiger partial charge in [0.05, 0.1) is 25.8 Å². The van der Waals surface area contributed by atoms with Crippen LogP contribution < -0.4 is 4.74 Å². The second kappa shape index (κ2) is 9.36. The van der Waals surface area contributed by atoms with Gasteiger partial charge in [-0.15, -0.1) is 11.3 Å². The summed E-state index contributed by atoms with van der Waals surface area (Å²) >= 11 is 1.66. The third kappa shape index (κ3) is 5.04. The highest BCUT2D eigenvalue weighted by molar-refractivity contribution is 7.09. The van der Waals surface area contributed by atoms with Crippen LogP contribution in [0.15, 0.2) is 53.9 Å². The molecule has 2 heterocycles. The highest BCUT2D eigenvalue weighted by Crippen LogP contribution is 2.26. The van der Waals surface area contributed by atoms with Crippen LogP contribution in [0.2, 0.25) is 0 Å². The van der Waals surface area contributed by atoms with Gasteiger partial charge in [-0.3, -0.25) is 9.69 Å². The summed E-state index contributed by atoms with van der Waals surface area (Å²) in [7, 11) is 1.66. The lowest BCUT2D eigenvalue weighted by molar-refractivity contribution is -0.132. The van der Waals surface area contributed by atoms with E-state index in [4.69, 9.17) is 9.72 Å². The molecule has 0 unspecified atom stereocenters. The predicted octanol–water partition coefficient (Wildman–Crippen LogP) is 3.84. The Kier molecular flexibility index (Phi) is 6.40. The molecule has 1 aliphatic heterocycles. The molecule has 30 heavy (non-hydrogen) atoms. The number of amides is 1. The van der Waals surface area contributed by atoms with E-state index in [1.54, 1.807) is 30.6 Å². The van der Waals surface area contributed by atoms with Gasteiger partial charge in [0.2, 0.25) is 5.91 Å². The minimum absolute atomic E-state index is 0.0933. The maximum atomic E-state index is 13.0. The molecule has 1 aliphatic rings. The third-order valence-electron chi connectivity index (χ3n) is 5.27. The summed E-state index contributed by atoms with van der Waals surface area (Å²) in [5.74, 6) is 0.635. The van der Waals surface area contributed by atoms with Crippen LogP contribution in [0, 0.1) is 5.82 Å². The van der Waals surface area contributed by atoms with Gasteiger partial charge < -0.3 is 9.64 Å². The molecule has 156 valence electrons. The summed E-state index contributed by atoms with van der Waals surface area (Å²) in [5.41, 5.74) is 2.85. The van der Waals surface area contributed by atoms with Gasteiger partial charge in [0, 0.05) is 37.1 Å². The van der Waals surface area contributed by atoms with Crippen molar-refractivity contribution >= 4 is 17.2 Å². The van der Waals surface area contributed by atoms with E-state index in [-0.39, 0.29) is 11.7 Å². The molecule has 1 aromatic heterocycles. The van der Waals surface area contributed by atoms with Crippen LogP contribution >= 0.6 is 11.3 Å². The lowest BCUT2D eigenvalue weighted by Crippen LogP contribution is -2.48. The number of hydrogen-bond donors (Lipinski definition) is 0. The summed E-state index contributed by atoms with van der Waals surface area (Å²) in [4.78, 5) is 21.5. The predicted molar refractivity (Wildman–Crippen MR) is 116 cm³/mol. The van der Waals surface area contributed by atoms with Crippen molar-refractivity contribution in [2.45, 2.75) is 13.0 Å². The zero-order valence-corrected chi connectivity index (χ0v) is 17.7. The first-order chi connectivity index (χ1) is 14.6. The topological polar surface area (TPSA) is 45.7 Å². The Balaban J connectivity index is 1.29. The van der Waals surface area contributed by atoms with Crippen LogP contribution in [0.3, 0.4) is 0 Å². The van der Waals surface area contributed by atoms with Crippen molar-refractivity contribution in [3.8, 4) is 17.0 Å². The first-order valence-electron chi connectivity index (χ1n) is 9.94. The van der Waals surface area contributed by atoms with Crippen LogP contribution in [-0.2, 0) is 17.8 Å². The van der Waals surface area contributed by atoms with Crippen LogP contribution in [0.4, 0.5) is 4.39 Å². The van der Waals surface area contributed by atoms with E-state index >= 15 is 0 Å². The van der Waals surface area contributed by atoms with Crippen molar-refractivity contribution in [1.82, 2.24) is 14.8 Å². The number of hydrogen-bond acceptors (Lipinski definition) is 5. The van der Waals surface area contributed by atoms with Crippen molar-refractivity contribution < 1.29 is 13.9 Å². The Morgan fingerprint density at radius 3 is 2.63 bits per heavy atom. The molecular formula is C23H24FN3O2S. The number of carbonyl (C=O) groups excluding carboxylic acids is 1. The molecule has 2 aromatic carbocycles. The number of halogens is 1. The second-order valence-corrected chi connectivity index (χ2v) is 8.26. The summed E-state index contributed by atoms with van der Waals surface area (Å²) in [6.45, 7) is 3.84. The van der Waals surface area contributed by atoms with Gasteiger partial charge >= 0.3 is 0 Å². The Labute approximate surface area is 179 Å². The highest BCUT2D eigenvalue weighted by atomic mass is 32.1. The SMILES string of the molecule is COc1cccc(-c2csc(CN3CCN(C(=O)Cc4ccc(F)cc4)CC3)n2)c1. The van der Waals surface area contributed by atoms with Crippen LogP contribution in [0.5, 0.6) is 5.75 Å². The molecule has 0 bridgehead atoms. The number of methoxy groups -OCH3 is 1. The normalized spacial score (nSPS) is 14.7. The number of nitrogens with zero attached hydrogens (tertiary/aromatic N) is 3. The summed E-state index contributed by atoms with van der Waals surface area (Å²) in [6, 6.07) is 14.1. The van der Waals surface area contributed by atoms with E-state index < -0.39 is 0 Å². The molecule has 1 saturated heterocycles. The Bertz CT molecular complexity index is 998. The van der Waals surface area contributed by atoms with Gasteiger partial charge in [-0.25, -0.2) is 9.37 Å². The molecule has 7 heteroatoms. The first kappa shape index (κ1) is 20.5. The highest BCUT2D eigenvalue weighted by Gasteiger charge is 2.22. The monoisotopic (exact) mass is 425 g/mol. The molecule has 5 nitrogen and oxygen atoms in total. The molecule has 0 radical (unpaired) electrons. The standard InChI is InChI=1S/C23H24FN3O2S/c1-29-20-4-2-3-18(14-20)21-16-30-22(25-21)15-26-9-11-27(12-10-26)23(28)13-17-5-7-19(24)8-6-17/h2-8,14,16H,9-13,15H2,1H3. The van der Waals surface area contributed by atoms with E-state index in [1.807, 2.05) is 29.2 Å². The molecule has 0 spiro atoms. The lowest BCUT2D eigenvalue weighted by Gasteiger charge is -2.34. The number of piperazine rings is 1. The summed E-state index contributed by atoms with van der Waals surface area (Å²) in [5, 5.41) is 3.14. The molecule has 0 N–H and O–H groups in total. The van der Waals surface area contributed by atoms with E-state index in [2.05, 4.69) is 10.3 Å². The van der Waals surface area contributed by atoms with Gasteiger partial charge in [-0.2, -0.15) is 0 Å². The maximum absolute atomic E-state index is 13.0. The number of thiazole rings is 1. The average molecular weight is 426 g/mol. The van der Waals surface area contributed by atoms with Crippen LogP contribution in [0.1, 0.15) is 10.6 Å². The molecule has 0 atom stereocenters. The fourth-order valence-electron chi connectivity index (χ4n) is 3.53. The molecular weight excluding hydrogens is 401 g/mol. The Morgan fingerprint density at radius 1 is 1.13 bits per heavy atom. The number of rotatable bonds is 6. The van der Waals surface area contributed by atoms with Crippen LogP contribution in [-0.4, -0.2) is 54.0 Å². The largest absolute Gasteiger partial charge is 0.497 e. The van der Waals surface area contributed by atoms with Crippen molar-refractivity contribution in [3.05, 3.63) is 70.3 Å². The smallest absolute Gasteiger partial charge is 0.227 e. The summed E-state index contributed by atoms with van der Waals surface area (Å²) < 4.78 is 18.3. The van der Waals surface area contributed by atoms with E-state index in [0.717, 1.165) is 47.2 Å². The van der Waals surface area contributed by atoms with Gasteiger partial charge in [-0.1, -0.05) is 24.3 Å². The fourth-order valence-corrected chi connectivity index (χ4v) is 4.38. The van der Waals surface area contributed by atoms with Crippen molar-refractivity contribution in [3.63, 3.8) is 0 Å². The number of carbonyl (C=O) groups is 1. The molecule has 0 aliphatic carbocycles. The van der Waals surface area contributed by atoms with E-state index in [0.29, 0.717) is 19.5 Å². The van der Waals surface area contributed by atoms with Crippen molar-refractivity contribution in [1.29, 1.82) is 0 Å². The molecule has 4 rings (SSSR count). The molecule has 3 aromatic rings. The van der Waals surface area contributed by atoms with Gasteiger partial charge in [0.1, 0.15) is 16.6 Å². The zero-order chi connectivity index (χ0) is 20.9. The van der Waals surface area contributed by atoms with Gasteiger partial charge in [0.15, 0.2) is 0 Å². The van der Waals surface area contributed by atoms with Crippen LogP contribution in [0.25, 0.3) is 11.3 Å². The Hall–Kier alpha value is -2.77. The van der Waals surface area contributed by atoms with Gasteiger partial charge in [0.25, 0.3) is 0 Å². The fraction of sp³-hybridized carbons (Fsp3) is 0.304. The van der Waals surface area contributed by atoms with Gasteiger partial charge in [-0.05, 0) is 29.8 Å². The number of ether oxygens (including phenoxy) is 1. The lowest BCUT2D eigenvalue weighted by atomic mass is 10.1. The quantitative estimate of drug-likeness (QED) is 0.602. The average Bonchev–Trinajstić information content (AvgIpc) is 3.24. The summed E-state index contributed by atoms with van der Waals surface area (Å²) in [6.07, 6.45) is 0.316. The minimum atomic E-state index is -0.281. The van der Waals surface area contributed by atoms with E-state index in [1.165, 1.54) is 12.1 Å².